The summed E-state index contributed by atoms with van der Waals surface area (Å²) in [7, 11) is 0. The van der Waals surface area contributed by atoms with Gasteiger partial charge in [-0.15, -0.1) is 11.3 Å². The Bertz CT molecular complexity index is 409. The molecule has 1 N–H and O–H groups in total. The molecule has 0 bridgehead atoms. The number of nitrogens with one attached hydrogen (secondary N) is 1. The summed E-state index contributed by atoms with van der Waals surface area (Å²) in [6, 6.07) is 0. The van der Waals surface area contributed by atoms with E-state index >= 15 is 0 Å². The molecule has 0 aliphatic heterocycles. The fourth-order valence-electron chi connectivity index (χ4n) is 2.02. The van der Waals surface area contributed by atoms with Crippen molar-refractivity contribution < 1.29 is 13.2 Å². The Morgan fingerprint density at radius 1 is 1.20 bits per heavy atom. The van der Waals surface area contributed by atoms with E-state index in [1.807, 2.05) is 27.7 Å². The Hall–Kier alpha value is -0.620. The van der Waals surface area contributed by atoms with E-state index < -0.39 is 18.1 Å². The second kappa shape index (κ2) is 6.89. The summed E-state index contributed by atoms with van der Waals surface area (Å²) in [5, 5.41) is 4.26. The molecule has 2 nitrogen and oxygen atoms in total. The molecule has 20 heavy (non-hydrogen) atoms. The van der Waals surface area contributed by atoms with Crippen LogP contribution in [0.3, 0.4) is 0 Å². The van der Waals surface area contributed by atoms with Crippen molar-refractivity contribution in [2.75, 3.05) is 6.54 Å². The van der Waals surface area contributed by atoms with Crippen LogP contribution < -0.4 is 5.32 Å². The second-order valence-electron chi connectivity index (χ2n) is 5.39. The van der Waals surface area contributed by atoms with Crippen molar-refractivity contribution in [3.63, 3.8) is 0 Å². The fourth-order valence-corrected chi connectivity index (χ4v) is 3.09. The minimum Gasteiger partial charge on any atom is -0.306 e. The predicted molar refractivity (Wildman–Crippen MR) is 77.1 cm³/mol. The van der Waals surface area contributed by atoms with Crippen LogP contribution in [0.1, 0.15) is 55.1 Å². The summed E-state index contributed by atoms with van der Waals surface area (Å²) in [5.74, 6) is 0. The standard InChI is InChI=1S/C14H23F3N2S/c1-5-9-18-13(4,7-6-8-14(15,16)17)12-19-10(2)11(3)20-12/h18H,5-9H2,1-4H3. The van der Waals surface area contributed by atoms with Crippen molar-refractivity contribution in [3.8, 4) is 0 Å². The lowest BCUT2D eigenvalue weighted by molar-refractivity contribution is -0.136. The Kier molecular flexibility index (Phi) is 6.01. The lowest BCUT2D eigenvalue weighted by atomic mass is 9.95. The first-order valence-electron chi connectivity index (χ1n) is 6.94. The fraction of sp³-hybridized carbons (Fsp3) is 0.786. The summed E-state index contributed by atoms with van der Waals surface area (Å²) in [4.78, 5) is 5.65. The molecule has 0 aromatic carbocycles. The van der Waals surface area contributed by atoms with Gasteiger partial charge in [0.2, 0.25) is 0 Å². The van der Waals surface area contributed by atoms with Crippen molar-refractivity contribution in [3.05, 3.63) is 15.6 Å². The number of alkyl halides is 3. The Balaban J connectivity index is 2.80. The van der Waals surface area contributed by atoms with Gasteiger partial charge in [0.1, 0.15) is 5.01 Å². The van der Waals surface area contributed by atoms with Crippen LogP contribution in [-0.2, 0) is 5.54 Å². The van der Waals surface area contributed by atoms with Crippen LogP contribution in [0, 0.1) is 13.8 Å². The molecule has 0 radical (unpaired) electrons. The Morgan fingerprint density at radius 2 is 1.85 bits per heavy atom. The van der Waals surface area contributed by atoms with E-state index in [1.54, 1.807) is 11.3 Å². The lowest BCUT2D eigenvalue weighted by Gasteiger charge is -2.29. The summed E-state index contributed by atoms with van der Waals surface area (Å²) in [5.41, 5.74) is 0.496. The Morgan fingerprint density at radius 3 is 2.30 bits per heavy atom. The van der Waals surface area contributed by atoms with Crippen molar-refractivity contribution >= 4 is 11.3 Å². The van der Waals surface area contributed by atoms with E-state index in [4.69, 9.17) is 0 Å². The number of hydrogen-bond acceptors (Lipinski definition) is 3. The van der Waals surface area contributed by atoms with E-state index in [9.17, 15) is 13.2 Å². The molecule has 0 fully saturated rings. The zero-order valence-corrected chi connectivity index (χ0v) is 13.3. The van der Waals surface area contributed by atoms with Crippen LogP contribution in [0.4, 0.5) is 13.2 Å². The first-order valence-corrected chi connectivity index (χ1v) is 7.76. The summed E-state index contributed by atoms with van der Waals surface area (Å²) in [6.45, 7) is 8.70. The normalized spacial score (nSPS) is 15.3. The quantitative estimate of drug-likeness (QED) is 0.789. The lowest BCUT2D eigenvalue weighted by Crippen LogP contribution is -2.40. The molecular formula is C14H23F3N2S. The van der Waals surface area contributed by atoms with E-state index in [2.05, 4.69) is 10.3 Å². The molecule has 1 heterocycles. The van der Waals surface area contributed by atoms with Crippen LogP contribution in [0.15, 0.2) is 0 Å². The summed E-state index contributed by atoms with van der Waals surface area (Å²) < 4.78 is 37.0. The van der Waals surface area contributed by atoms with E-state index in [1.165, 1.54) is 0 Å². The van der Waals surface area contributed by atoms with Crippen LogP contribution >= 0.6 is 11.3 Å². The van der Waals surface area contributed by atoms with Crippen LogP contribution in [0.2, 0.25) is 0 Å². The molecule has 1 aromatic heterocycles. The van der Waals surface area contributed by atoms with Gasteiger partial charge in [0.15, 0.2) is 0 Å². The molecule has 0 saturated carbocycles. The first-order chi connectivity index (χ1) is 9.18. The SMILES string of the molecule is CCCNC(C)(CCCC(F)(F)F)c1nc(C)c(C)s1. The van der Waals surface area contributed by atoms with E-state index in [0.717, 1.165) is 28.5 Å². The minimum absolute atomic E-state index is 0.119. The molecule has 6 heteroatoms. The minimum atomic E-state index is -4.08. The molecule has 0 saturated heterocycles. The Labute approximate surface area is 122 Å². The van der Waals surface area contributed by atoms with Gasteiger partial charge in [0.05, 0.1) is 11.2 Å². The van der Waals surface area contributed by atoms with Gasteiger partial charge in [0.25, 0.3) is 0 Å². The van der Waals surface area contributed by atoms with Crippen LogP contribution in [-0.4, -0.2) is 17.7 Å². The highest BCUT2D eigenvalue weighted by atomic mass is 32.1. The number of aryl methyl sites for hydroxylation is 2. The highest BCUT2D eigenvalue weighted by Gasteiger charge is 2.32. The number of rotatable bonds is 7. The third kappa shape index (κ3) is 5.05. The summed E-state index contributed by atoms with van der Waals surface area (Å²) >= 11 is 1.57. The van der Waals surface area contributed by atoms with Gasteiger partial charge in [0, 0.05) is 11.3 Å². The van der Waals surface area contributed by atoms with Gasteiger partial charge >= 0.3 is 6.18 Å². The van der Waals surface area contributed by atoms with Gasteiger partial charge in [-0.25, -0.2) is 4.98 Å². The molecule has 1 unspecified atom stereocenters. The van der Waals surface area contributed by atoms with Gasteiger partial charge in [-0.3, -0.25) is 0 Å². The smallest absolute Gasteiger partial charge is 0.306 e. The van der Waals surface area contributed by atoms with Crippen LogP contribution in [0.25, 0.3) is 0 Å². The van der Waals surface area contributed by atoms with Crippen molar-refractivity contribution in [2.45, 2.75) is 65.1 Å². The van der Waals surface area contributed by atoms with Crippen molar-refractivity contribution in [2.24, 2.45) is 0 Å². The molecule has 1 atom stereocenters. The maximum Gasteiger partial charge on any atom is 0.389 e. The topological polar surface area (TPSA) is 24.9 Å². The number of thiazole rings is 1. The van der Waals surface area contributed by atoms with E-state index in [0.29, 0.717) is 6.42 Å². The molecule has 0 aliphatic rings. The maximum absolute atomic E-state index is 12.3. The molecule has 1 rings (SSSR count). The zero-order chi connectivity index (χ0) is 15.4. The van der Waals surface area contributed by atoms with Crippen molar-refractivity contribution in [1.82, 2.24) is 10.3 Å². The van der Waals surface area contributed by atoms with Gasteiger partial charge in [-0.1, -0.05) is 6.92 Å². The molecular weight excluding hydrogens is 285 g/mol. The average Bonchev–Trinajstić information content (AvgIpc) is 2.66. The molecule has 1 aromatic rings. The third-order valence-electron chi connectivity index (χ3n) is 3.40. The largest absolute Gasteiger partial charge is 0.389 e. The van der Waals surface area contributed by atoms with Crippen molar-refractivity contribution in [1.29, 1.82) is 0 Å². The molecule has 0 aliphatic carbocycles. The van der Waals surface area contributed by atoms with E-state index in [-0.39, 0.29) is 6.42 Å². The average molecular weight is 308 g/mol. The van der Waals surface area contributed by atoms with Gasteiger partial charge in [-0.2, -0.15) is 13.2 Å². The highest BCUT2D eigenvalue weighted by molar-refractivity contribution is 7.11. The number of halogens is 3. The number of aromatic nitrogens is 1. The third-order valence-corrected chi connectivity index (χ3v) is 4.74. The second-order valence-corrected chi connectivity index (χ2v) is 6.59. The van der Waals surface area contributed by atoms with Crippen LogP contribution in [0.5, 0.6) is 0 Å². The predicted octanol–water partition coefficient (Wildman–Crippen LogP) is 4.71. The molecule has 0 spiro atoms. The summed E-state index contributed by atoms with van der Waals surface area (Å²) in [6.07, 6.45) is -3.31. The number of nitrogens with zero attached hydrogens (tertiary/aromatic N) is 1. The van der Waals surface area contributed by atoms with Gasteiger partial charge in [-0.05, 0) is 46.6 Å². The first kappa shape index (κ1) is 17.4. The maximum atomic E-state index is 12.3. The zero-order valence-electron chi connectivity index (χ0n) is 12.5. The molecule has 0 amide bonds. The highest BCUT2D eigenvalue weighted by Crippen LogP contribution is 2.33. The monoisotopic (exact) mass is 308 g/mol. The van der Waals surface area contributed by atoms with Gasteiger partial charge < -0.3 is 5.32 Å². The number of hydrogen-bond donors (Lipinski definition) is 1. The molecule has 116 valence electrons.